The molecule has 0 aliphatic carbocycles. The fourth-order valence-corrected chi connectivity index (χ4v) is 7.00. The summed E-state index contributed by atoms with van der Waals surface area (Å²) >= 11 is 1.43. The number of aromatic nitrogens is 3. The molecule has 9 rings (SSSR count). The normalized spacial score (nSPS) is 11.9. The van der Waals surface area contributed by atoms with E-state index in [1.807, 2.05) is 78.9 Å². The Bertz CT molecular complexity index is 2510. The number of fused-ring (bicyclic) bond motifs is 2. The molecule has 50 heavy (non-hydrogen) atoms. The molecule has 0 unspecified atom stereocenters. The summed E-state index contributed by atoms with van der Waals surface area (Å²) < 4.78 is 26.7. The standard InChI is InChI=1S/C34H23N2S.C11H8N.Ir/c1-23-19-20-28-29(22-37-32(28)21-23)34-35-30-17-8-9-18-31(30)36(34)33-26(24-11-4-2-5-12-24)15-10-16-27(33)25-13-6-3-7-14-25;1-2-6-10(7-3-1)11-8-4-5-9-12-11;/h2-21H,1H3;1-6,8-9H;/q2*-1;/i1D3;;. The van der Waals surface area contributed by atoms with Crippen molar-refractivity contribution < 1.29 is 24.2 Å². The van der Waals surface area contributed by atoms with Gasteiger partial charge in [-0.25, -0.2) is 0 Å². The van der Waals surface area contributed by atoms with E-state index in [1.54, 1.807) is 18.3 Å². The zero-order valence-electron chi connectivity index (χ0n) is 29.7. The molecule has 0 fully saturated rings. The number of rotatable bonds is 5. The number of hydrogen-bond acceptors (Lipinski definition) is 3. The van der Waals surface area contributed by atoms with Crippen molar-refractivity contribution >= 4 is 32.5 Å². The first-order valence-corrected chi connectivity index (χ1v) is 16.8. The molecule has 0 bridgehead atoms. The van der Waals surface area contributed by atoms with E-state index in [-0.39, 0.29) is 20.1 Å². The van der Waals surface area contributed by atoms with Crippen LogP contribution in [-0.2, 0) is 20.1 Å². The number of para-hydroxylation sites is 3. The van der Waals surface area contributed by atoms with Crippen molar-refractivity contribution in [2.24, 2.45) is 0 Å². The van der Waals surface area contributed by atoms with Crippen molar-refractivity contribution in [3.63, 3.8) is 0 Å². The van der Waals surface area contributed by atoms with Gasteiger partial charge in [0, 0.05) is 41.5 Å². The number of imidazole rings is 1. The Morgan fingerprint density at radius 3 is 2.06 bits per heavy atom. The van der Waals surface area contributed by atoms with Crippen molar-refractivity contribution in [2.75, 3.05) is 0 Å². The first kappa shape index (κ1) is 29.5. The zero-order valence-corrected chi connectivity index (χ0v) is 30.0. The van der Waals surface area contributed by atoms with Gasteiger partial charge in [-0.15, -0.1) is 47.3 Å². The van der Waals surface area contributed by atoms with Gasteiger partial charge in [0.1, 0.15) is 0 Å². The van der Waals surface area contributed by atoms with Crippen LogP contribution in [0.3, 0.4) is 0 Å². The Balaban J connectivity index is 0.000000284. The summed E-state index contributed by atoms with van der Waals surface area (Å²) in [5.41, 5.74) is 10.5. The Morgan fingerprint density at radius 2 is 1.38 bits per heavy atom. The van der Waals surface area contributed by atoms with Gasteiger partial charge >= 0.3 is 0 Å². The smallest absolute Gasteiger partial charge is 0.0774 e. The summed E-state index contributed by atoms with van der Waals surface area (Å²) in [5, 5.41) is 4.41. The van der Waals surface area contributed by atoms with Gasteiger partial charge < -0.3 is 9.55 Å². The van der Waals surface area contributed by atoms with E-state index in [9.17, 15) is 0 Å². The number of nitrogens with zero attached hydrogens (tertiary/aromatic N) is 3. The Labute approximate surface area is 314 Å². The van der Waals surface area contributed by atoms with Crippen LogP contribution in [0.1, 0.15) is 9.68 Å². The minimum Gasteiger partial charge on any atom is -0.332 e. The zero-order chi connectivity index (χ0) is 35.5. The molecule has 0 aliphatic heterocycles. The van der Waals surface area contributed by atoms with E-state index in [4.69, 9.17) is 9.10 Å². The molecular weight excluding hydrogens is 807 g/mol. The van der Waals surface area contributed by atoms with Gasteiger partial charge in [-0.1, -0.05) is 136 Å². The predicted molar refractivity (Wildman–Crippen MR) is 205 cm³/mol. The van der Waals surface area contributed by atoms with E-state index < -0.39 is 6.85 Å². The molecule has 0 saturated heterocycles. The van der Waals surface area contributed by atoms with Crippen LogP contribution < -0.4 is 0 Å². The molecule has 5 heteroatoms. The number of aryl methyl sites for hydroxylation is 1. The van der Waals surface area contributed by atoms with Gasteiger partial charge in [0.05, 0.1) is 22.5 Å². The number of pyridine rings is 1. The van der Waals surface area contributed by atoms with Crippen LogP contribution in [0.5, 0.6) is 0 Å². The molecule has 3 aromatic heterocycles. The number of benzene rings is 6. The van der Waals surface area contributed by atoms with Crippen LogP contribution in [0, 0.1) is 18.3 Å². The van der Waals surface area contributed by atoms with Crippen LogP contribution in [-0.4, -0.2) is 14.5 Å². The molecule has 0 saturated carbocycles. The number of thiophene rings is 1. The minimum atomic E-state index is -2.16. The van der Waals surface area contributed by atoms with Gasteiger partial charge in [0.15, 0.2) is 0 Å². The Morgan fingerprint density at radius 1 is 0.680 bits per heavy atom. The molecule has 9 aromatic rings. The topological polar surface area (TPSA) is 30.7 Å². The molecule has 1 radical (unpaired) electrons. The van der Waals surface area contributed by atoms with E-state index in [0.29, 0.717) is 5.56 Å². The third-order valence-corrected chi connectivity index (χ3v) is 9.24. The van der Waals surface area contributed by atoms with Crippen LogP contribution in [0.2, 0.25) is 0 Å². The van der Waals surface area contributed by atoms with Crippen molar-refractivity contribution in [1.29, 1.82) is 0 Å². The van der Waals surface area contributed by atoms with Crippen molar-refractivity contribution in [1.82, 2.24) is 14.5 Å². The largest absolute Gasteiger partial charge is 0.332 e. The second-order valence-corrected chi connectivity index (χ2v) is 12.3. The first-order chi connectivity index (χ1) is 25.5. The molecule has 3 nitrogen and oxygen atoms in total. The molecule has 0 N–H and O–H groups in total. The monoisotopic (exact) mass is 841 g/mol. The number of hydrogen-bond donors (Lipinski definition) is 0. The van der Waals surface area contributed by atoms with Crippen LogP contribution in [0.4, 0.5) is 0 Å². The Hall–Kier alpha value is -5.45. The second kappa shape index (κ2) is 15.0. The average Bonchev–Trinajstić information content (AvgIpc) is 3.80. The maximum atomic E-state index is 7.86. The molecule has 3 heterocycles. The summed E-state index contributed by atoms with van der Waals surface area (Å²) in [4.78, 5) is 9.37. The molecule has 0 spiro atoms. The van der Waals surface area contributed by atoms with Crippen molar-refractivity contribution in [3.8, 4) is 50.6 Å². The van der Waals surface area contributed by atoms with Gasteiger partial charge in [0.25, 0.3) is 0 Å². The van der Waals surface area contributed by atoms with Crippen LogP contribution >= 0.6 is 11.3 Å². The molecule has 243 valence electrons. The predicted octanol–water partition coefficient (Wildman–Crippen LogP) is 11.9. The molecule has 0 amide bonds. The SMILES string of the molecule is [2H]C([2H])([2H])c1ccc2c(-c3nc4ccccc4n3-c3c(-c4ccccc4)cccc3-c3ccccc3)[c-]sc2c1.[Ir].[c-]1ccccc1-c1ccccn1. The van der Waals surface area contributed by atoms with Crippen molar-refractivity contribution in [2.45, 2.75) is 6.85 Å². The van der Waals surface area contributed by atoms with Gasteiger partial charge in [-0.05, 0) is 41.9 Å². The van der Waals surface area contributed by atoms with E-state index in [2.05, 4.69) is 93.8 Å². The van der Waals surface area contributed by atoms with Gasteiger partial charge in [0.2, 0.25) is 0 Å². The molecular formula is C45H31IrN3S-2. The quantitative estimate of drug-likeness (QED) is 0.162. The summed E-state index contributed by atoms with van der Waals surface area (Å²) in [6.45, 7) is -2.16. The fraction of sp³-hybridized carbons (Fsp3) is 0.0222. The van der Waals surface area contributed by atoms with E-state index >= 15 is 0 Å². The van der Waals surface area contributed by atoms with Gasteiger partial charge in [-0.2, -0.15) is 0 Å². The van der Waals surface area contributed by atoms with Crippen LogP contribution in [0.15, 0.2) is 170 Å². The third kappa shape index (κ3) is 6.59. The van der Waals surface area contributed by atoms with Crippen LogP contribution in [0.25, 0.3) is 71.7 Å². The first-order valence-electron chi connectivity index (χ1n) is 17.5. The molecule has 0 aliphatic rings. The fourth-order valence-electron chi connectivity index (χ4n) is 6.12. The summed E-state index contributed by atoms with van der Waals surface area (Å²) in [7, 11) is 0. The third-order valence-electron chi connectivity index (χ3n) is 8.38. The second-order valence-electron chi connectivity index (χ2n) is 11.5. The average molecular weight is 841 g/mol. The van der Waals surface area contributed by atoms with Gasteiger partial charge in [-0.3, -0.25) is 16.3 Å². The maximum absolute atomic E-state index is 7.86. The summed E-state index contributed by atoms with van der Waals surface area (Å²) in [6.07, 6.45) is 1.79. The summed E-state index contributed by atoms with van der Waals surface area (Å²) in [6, 6.07) is 57.6. The van der Waals surface area contributed by atoms with E-state index in [0.717, 1.165) is 71.7 Å². The molecule has 6 aromatic carbocycles. The Kier molecular flexibility index (Phi) is 8.83. The minimum absolute atomic E-state index is 0. The summed E-state index contributed by atoms with van der Waals surface area (Å²) in [5.74, 6) is 0.773. The van der Waals surface area contributed by atoms with E-state index in [1.165, 1.54) is 11.3 Å². The molecule has 0 atom stereocenters. The maximum Gasteiger partial charge on any atom is 0.0774 e. The van der Waals surface area contributed by atoms with Crippen molar-refractivity contribution in [3.05, 3.63) is 187 Å².